The highest BCUT2D eigenvalue weighted by Gasteiger charge is 2.39. The third-order valence-corrected chi connectivity index (χ3v) is 6.97. The Labute approximate surface area is 173 Å². The fourth-order valence-electron chi connectivity index (χ4n) is 4.46. The molecule has 2 aliphatic rings. The predicted molar refractivity (Wildman–Crippen MR) is 110 cm³/mol. The zero-order valence-corrected chi connectivity index (χ0v) is 17.2. The second kappa shape index (κ2) is 7.68. The van der Waals surface area contributed by atoms with Gasteiger partial charge in [0.25, 0.3) is 5.91 Å². The van der Waals surface area contributed by atoms with Crippen LogP contribution in [0.1, 0.15) is 32.6 Å². The minimum absolute atomic E-state index is 0.152. The average molecular weight is 409 g/mol. The Morgan fingerprint density at radius 3 is 2.79 bits per heavy atom. The van der Waals surface area contributed by atoms with Crippen molar-refractivity contribution in [3.8, 4) is 0 Å². The minimum atomic E-state index is -0.152. The quantitative estimate of drug-likeness (QED) is 0.701. The van der Waals surface area contributed by atoms with E-state index < -0.39 is 0 Å². The molecule has 2 atom stereocenters. The summed E-state index contributed by atoms with van der Waals surface area (Å²) in [5.74, 6) is 2.34. The summed E-state index contributed by atoms with van der Waals surface area (Å²) in [6.45, 7) is 6.48. The third kappa shape index (κ3) is 3.70. The van der Waals surface area contributed by atoms with Crippen LogP contribution in [0.25, 0.3) is 0 Å². The summed E-state index contributed by atoms with van der Waals surface area (Å²) < 4.78 is 2.03. The van der Waals surface area contributed by atoms with Gasteiger partial charge in [-0.3, -0.25) is 9.69 Å². The zero-order chi connectivity index (χ0) is 19.8. The van der Waals surface area contributed by atoms with Gasteiger partial charge in [0.15, 0.2) is 0 Å². The van der Waals surface area contributed by atoms with Crippen LogP contribution in [-0.2, 0) is 26.1 Å². The van der Waals surface area contributed by atoms with Crippen LogP contribution in [0.2, 0.25) is 0 Å². The van der Waals surface area contributed by atoms with E-state index in [0.717, 1.165) is 49.7 Å². The molecule has 0 aliphatic carbocycles. The topological polar surface area (TPSA) is 75.9 Å². The number of nitrogens with zero attached hydrogens (tertiary/aromatic N) is 5. The first-order chi connectivity index (χ1) is 14.2. The van der Waals surface area contributed by atoms with Crippen molar-refractivity contribution >= 4 is 17.2 Å². The van der Waals surface area contributed by atoms with Crippen LogP contribution in [-0.4, -0.2) is 43.6 Å². The smallest absolute Gasteiger partial charge is 0.289 e. The maximum atomic E-state index is 12.7. The summed E-state index contributed by atoms with van der Waals surface area (Å²) in [5.41, 5.74) is 4.14. The Morgan fingerprint density at radius 1 is 1.17 bits per heavy atom. The number of likely N-dealkylation sites (tertiary alicyclic amines) is 1. The number of hydrogen-bond donors (Lipinski definition) is 1. The molecule has 2 aliphatic heterocycles. The zero-order valence-electron chi connectivity index (χ0n) is 16.4. The van der Waals surface area contributed by atoms with Gasteiger partial charge in [-0.2, -0.15) is 0 Å². The summed E-state index contributed by atoms with van der Waals surface area (Å²) in [6.07, 6.45) is 0.891. The molecule has 1 amide bonds. The van der Waals surface area contributed by atoms with E-state index in [4.69, 9.17) is 0 Å². The number of aryl methyl sites for hydroxylation is 1. The van der Waals surface area contributed by atoms with Crippen LogP contribution >= 0.6 is 11.3 Å². The van der Waals surface area contributed by atoms with Gasteiger partial charge in [0.2, 0.25) is 5.82 Å². The number of carbonyl (C=O) groups is 1. The maximum absolute atomic E-state index is 12.7. The molecule has 0 bridgehead atoms. The normalized spacial score (nSPS) is 21.0. The lowest BCUT2D eigenvalue weighted by Gasteiger charge is -2.25. The van der Waals surface area contributed by atoms with Crippen molar-refractivity contribution in [1.82, 2.24) is 30.0 Å². The van der Waals surface area contributed by atoms with E-state index in [1.165, 1.54) is 4.88 Å². The van der Waals surface area contributed by atoms with Gasteiger partial charge in [-0.1, -0.05) is 30.3 Å². The summed E-state index contributed by atoms with van der Waals surface area (Å²) in [4.78, 5) is 20.9. The summed E-state index contributed by atoms with van der Waals surface area (Å²) in [5, 5.41) is 11.5. The lowest BCUT2D eigenvalue weighted by atomic mass is 9.89. The van der Waals surface area contributed by atoms with E-state index in [9.17, 15) is 4.79 Å². The van der Waals surface area contributed by atoms with Gasteiger partial charge < -0.3 is 9.88 Å². The van der Waals surface area contributed by atoms with E-state index in [1.807, 2.05) is 40.4 Å². The van der Waals surface area contributed by atoms with Crippen LogP contribution in [0.3, 0.4) is 0 Å². The Morgan fingerprint density at radius 2 is 2.00 bits per heavy atom. The summed E-state index contributed by atoms with van der Waals surface area (Å²) >= 11 is 1.74. The Balaban J connectivity index is 1.24. The molecule has 1 fully saturated rings. The highest BCUT2D eigenvalue weighted by atomic mass is 32.1. The molecule has 5 rings (SSSR count). The van der Waals surface area contributed by atoms with Gasteiger partial charge in [-0.15, -0.1) is 21.5 Å². The lowest BCUT2D eigenvalue weighted by Crippen LogP contribution is -2.32. The molecule has 29 heavy (non-hydrogen) atoms. The second-order valence-electron chi connectivity index (χ2n) is 8.00. The first-order valence-electron chi connectivity index (χ1n) is 10.0. The molecule has 1 N–H and O–H groups in total. The van der Waals surface area contributed by atoms with Crippen molar-refractivity contribution in [3.63, 3.8) is 0 Å². The first-order valence-corrected chi connectivity index (χ1v) is 10.9. The van der Waals surface area contributed by atoms with Gasteiger partial charge in [0.05, 0.1) is 11.2 Å². The molecule has 0 unspecified atom stereocenters. The van der Waals surface area contributed by atoms with E-state index in [2.05, 4.69) is 32.3 Å². The number of amides is 1. The van der Waals surface area contributed by atoms with Gasteiger partial charge >= 0.3 is 0 Å². The molecule has 1 saturated heterocycles. The third-order valence-electron chi connectivity index (χ3n) is 6.05. The number of benzene rings is 1. The second-order valence-corrected chi connectivity index (χ2v) is 8.94. The monoisotopic (exact) mass is 408 g/mol. The molecule has 7 nitrogen and oxygen atoms in total. The minimum Gasteiger partial charge on any atom is -0.345 e. The number of rotatable bonds is 5. The number of fused-ring (bicyclic) bond motifs is 2. The standard InChI is InChI=1S/C21H24N6OS/c1-14-18(29-13-23-14)12-26-9-16-7-19-24-25-20(27(19)11-17(16)10-26)21(28)22-8-15-5-3-2-4-6-15/h2-6,13,16-17H,7-12H2,1H3,(H,22,28)/t16-,17-/m1/s1. The number of aromatic nitrogens is 4. The van der Waals surface area contributed by atoms with Crippen LogP contribution in [0, 0.1) is 18.8 Å². The summed E-state index contributed by atoms with van der Waals surface area (Å²) in [6, 6.07) is 9.92. The fourth-order valence-corrected chi connectivity index (χ4v) is 5.28. The van der Waals surface area contributed by atoms with Crippen molar-refractivity contribution in [2.24, 2.45) is 11.8 Å². The highest BCUT2D eigenvalue weighted by molar-refractivity contribution is 7.09. The number of nitrogens with one attached hydrogen (secondary N) is 1. The Bertz CT molecular complexity index is 1010. The van der Waals surface area contributed by atoms with Crippen molar-refractivity contribution in [1.29, 1.82) is 0 Å². The molecule has 0 saturated carbocycles. The molecule has 3 aromatic rings. The van der Waals surface area contributed by atoms with Crippen LogP contribution < -0.4 is 5.32 Å². The van der Waals surface area contributed by atoms with Gasteiger partial charge in [-0.25, -0.2) is 4.98 Å². The molecule has 4 heterocycles. The van der Waals surface area contributed by atoms with E-state index in [0.29, 0.717) is 24.2 Å². The molecule has 0 spiro atoms. The van der Waals surface area contributed by atoms with Gasteiger partial charge in [0.1, 0.15) is 5.82 Å². The molecule has 2 aromatic heterocycles. The molecule has 0 radical (unpaired) electrons. The largest absolute Gasteiger partial charge is 0.345 e. The highest BCUT2D eigenvalue weighted by Crippen LogP contribution is 2.33. The van der Waals surface area contributed by atoms with Crippen molar-refractivity contribution in [2.75, 3.05) is 13.1 Å². The van der Waals surface area contributed by atoms with Crippen LogP contribution in [0.5, 0.6) is 0 Å². The van der Waals surface area contributed by atoms with Crippen molar-refractivity contribution < 1.29 is 4.79 Å². The number of thiazole rings is 1. The van der Waals surface area contributed by atoms with Gasteiger partial charge in [0, 0.05) is 44.0 Å². The molecular formula is C21H24N6OS. The van der Waals surface area contributed by atoms with Crippen molar-refractivity contribution in [3.05, 3.63) is 63.6 Å². The Hall–Kier alpha value is -2.58. The number of hydrogen-bond acceptors (Lipinski definition) is 6. The van der Waals surface area contributed by atoms with E-state index in [-0.39, 0.29) is 5.91 Å². The lowest BCUT2D eigenvalue weighted by molar-refractivity contribution is 0.0932. The molecule has 150 valence electrons. The summed E-state index contributed by atoms with van der Waals surface area (Å²) in [7, 11) is 0. The first kappa shape index (κ1) is 18.4. The van der Waals surface area contributed by atoms with Crippen molar-refractivity contribution in [2.45, 2.75) is 33.0 Å². The SMILES string of the molecule is Cc1ncsc1CN1C[C@H]2Cc3nnc(C(=O)NCc4ccccc4)n3C[C@H]2C1. The van der Waals surface area contributed by atoms with Crippen LogP contribution in [0.4, 0.5) is 0 Å². The molecular weight excluding hydrogens is 384 g/mol. The van der Waals surface area contributed by atoms with Gasteiger partial charge in [-0.05, 0) is 24.3 Å². The predicted octanol–water partition coefficient (Wildman–Crippen LogP) is 2.28. The number of carbonyl (C=O) groups excluding carboxylic acids is 1. The maximum Gasteiger partial charge on any atom is 0.289 e. The van der Waals surface area contributed by atoms with E-state index in [1.54, 1.807) is 11.3 Å². The van der Waals surface area contributed by atoms with Crippen LogP contribution in [0.15, 0.2) is 35.8 Å². The average Bonchev–Trinajstić information content (AvgIpc) is 3.43. The molecule has 8 heteroatoms. The Kier molecular flexibility index (Phi) is 4.89. The molecule has 1 aromatic carbocycles. The van der Waals surface area contributed by atoms with E-state index >= 15 is 0 Å². The fraction of sp³-hybridized carbons (Fsp3) is 0.429.